The van der Waals surface area contributed by atoms with Gasteiger partial charge in [-0.05, 0) is 25.4 Å². The van der Waals surface area contributed by atoms with Crippen LogP contribution in [0, 0.1) is 0 Å². The van der Waals surface area contributed by atoms with Crippen molar-refractivity contribution in [3.05, 3.63) is 0 Å². The van der Waals surface area contributed by atoms with Crippen LogP contribution in [0.15, 0.2) is 0 Å². The molecule has 0 radical (unpaired) electrons. The van der Waals surface area contributed by atoms with Crippen molar-refractivity contribution in [2.24, 2.45) is 0 Å². The molecule has 0 bridgehead atoms. The van der Waals surface area contributed by atoms with Gasteiger partial charge in [-0.3, -0.25) is 14.4 Å². The third-order valence-electron chi connectivity index (χ3n) is 3.53. The van der Waals surface area contributed by atoms with Crippen LogP contribution in [0.2, 0.25) is 0 Å². The average Bonchev–Trinajstić information content (AvgIpc) is 2.52. The molecule has 0 fully saturated rings. The van der Waals surface area contributed by atoms with Crippen molar-refractivity contribution in [3.63, 3.8) is 0 Å². The highest BCUT2D eigenvalue weighted by molar-refractivity contribution is 9.09. The summed E-state index contributed by atoms with van der Waals surface area (Å²) in [6.07, 6.45) is 16.5. The molecule has 132 valence electrons. The highest BCUT2D eigenvalue weighted by Gasteiger charge is 2.21. The fourth-order valence-corrected chi connectivity index (χ4v) is 6.26. The zero-order chi connectivity index (χ0) is 16.7. The molecule has 1 N–H and O–H groups in total. The number of unbranched alkanes of at least 4 members (excludes halogenated alkanes) is 9. The molecule has 0 saturated heterocycles. The molecule has 0 aliphatic heterocycles. The smallest absolute Gasteiger partial charge is 0.279 e. The lowest BCUT2D eigenvalue weighted by Gasteiger charge is -2.13. The first-order valence-corrected chi connectivity index (χ1v) is 14.7. The first-order chi connectivity index (χ1) is 10.6. The molecule has 0 heterocycles. The third kappa shape index (κ3) is 13.3. The Kier molecular flexibility index (Phi) is 16.0. The normalized spacial score (nSPS) is 11.6. The minimum atomic E-state index is -2.59. The summed E-state index contributed by atoms with van der Waals surface area (Å²) in [5, 5.41) is 3.80. The second-order valence-electron chi connectivity index (χ2n) is 5.37. The highest BCUT2D eigenvalue weighted by Crippen LogP contribution is 2.63. The topological polar surface area (TPSA) is 46.2 Å². The Morgan fingerprint density at radius 3 is 1.68 bits per heavy atom. The Morgan fingerprint density at radius 1 is 0.864 bits per heavy atom. The molecular formula is C15H31BrNO2PS2. The van der Waals surface area contributed by atoms with Gasteiger partial charge < -0.3 is 0 Å². The molecule has 0 unspecified atom stereocenters. The maximum atomic E-state index is 12.1. The molecular weight excluding hydrogens is 401 g/mol. The Bertz CT molecular complexity index is 325. The second kappa shape index (κ2) is 15.4. The molecule has 0 aliphatic rings. The molecule has 7 heteroatoms. The van der Waals surface area contributed by atoms with Crippen LogP contribution in [0.5, 0.6) is 0 Å². The number of hydrogen-bond acceptors (Lipinski definition) is 4. The van der Waals surface area contributed by atoms with Gasteiger partial charge in [0.1, 0.15) is 0 Å². The van der Waals surface area contributed by atoms with E-state index < -0.39 is 5.70 Å². The van der Waals surface area contributed by atoms with Gasteiger partial charge in [-0.25, -0.2) is 0 Å². The lowest BCUT2D eigenvalue weighted by molar-refractivity contribution is -0.119. The number of hydrogen-bond donors (Lipinski definition) is 1. The molecule has 0 atom stereocenters. The van der Waals surface area contributed by atoms with E-state index in [1.165, 1.54) is 74.1 Å². The molecule has 0 aromatic heterocycles. The molecule has 22 heavy (non-hydrogen) atoms. The van der Waals surface area contributed by atoms with Crippen LogP contribution >= 0.6 is 44.4 Å². The first-order valence-electron chi connectivity index (χ1n) is 8.16. The van der Waals surface area contributed by atoms with Crippen molar-refractivity contribution in [2.45, 2.75) is 70.6 Å². The van der Waals surface area contributed by atoms with Gasteiger partial charge in [0.15, 0.2) is 0 Å². The monoisotopic (exact) mass is 431 g/mol. The van der Waals surface area contributed by atoms with E-state index in [2.05, 4.69) is 21.0 Å². The quantitative estimate of drug-likeness (QED) is 0.179. The van der Waals surface area contributed by atoms with Crippen LogP contribution in [0.3, 0.4) is 0 Å². The van der Waals surface area contributed by atoms with E-state index in [1.807, 2.05) is 0 Å². The minimum absolute atomic E-state index is 0.0705. The van der Waals surface area contributed by atoms with Crippen LogP contribution in [0.4, 0.5) is 0 Å². The maximum absolute atomic E-state index is 12.1. The number of alkyl halides is 1. The van der Waals surface area contributed by atoms with E-state index in [-0.39, 0.29) is 5.91 Å². The van der Waals surface area contributed by atoms with E-state index in [1.54, 1.807) is 12.5 Å². The second-order valence-corrected chi connectivity index (χ2v) is 14.1. The van der Waals surface area contributed by atoms with Crippen LogP contribution in [0.1, 0.15) is 70.6 Å². The summed E-state index contributed by atoms with van der Waals surface area (Å²) < 4.78 is 12.1. The van der Waals surface area contributed by atoms with Gasteiger partial charge in [0.05, 0.1) is 0 Å². The molecule has 0 spiro atoms. The molecule has 0 rings (SSSR count). The predicted molar refractivity (Wildman–Crippen MR) is 107 cm³/mol. The van der Waals surface area contributed by atoms with Gasteiger partial charge >= 0.3 is 0 Å². The summed E-state index contributed by atoms with van der Waals surface area (Å²) in [6.45, 7) is 0. The molecule has 3 nitrogen and oxygen atoms in total. The fraction of sp³-hybridized carbons (Fsp3) is 0.933. The van der Waals surface area contributed by atoms with Crippen LogP contribution < -0.4 is 5.09 Å². The minimum Gasteiger partial charge on any atom is -0.291 e. The van der Waals surface area contributed by atoms with Crippen LogP contribution in [-0.2, 0) is 9.36 Å². The zero-order valence-corrected chi connectivity index (χ0v) is 18.1. The van der Waals surface area contributed by atoms with E-state index in [4.69, 9.17) is 0 Å². The third-order valence-corrected chi connectivity index (χ3v) is 11.7. The number of carbonyl (C=O) groups is 1. The average molecular weight is 432 g/mol. The lowest BCUT2D eigenvalue weighted by atomic mass is 10.1. The summed E-state index contributed by atoms with van der Waals surface area (Å²) in [5.41, 5.74) is -2.59. The number of amides is 1. The molecule has 0 saturated carbocycles. The standard InChI is InChI=1S/C15H31BrNO2PS2/c1-21-20(19,22-2)17-15(18)13-11-9-7-5-3-4-6-8-10-12-14-16/h3-14H2,1-2H3,(H,17,18,19). The van der Waals surface area contributed by atoms with E-state index >= 15 is 0 Å². The number of rotatable bonds is 15. The first kappa shape index (κ1) is 22.9. The van der Waals surface area contributed by atoms with Crippen molar-refractivity contribution >= 4 is 50.3 Å². The molecule has 0 aliphatic carbocycles. The Labute approximate surface area is 153 Å². The van der Waals surface area contributed by atoms with Gasteiger partial charge in [-0.15, -0.1) is 0 Å². The van der Waals surface area contributed by atoms with Crippen molar-refractivity contribution in [1.29, 1.82) is 0 Å². The summed E-state index contributed by atoms with van der Waals surface area (Å²) in [7, 11) is 0. The zero-order valence-electron chi connectivity index (χ0n) is 13.9. The fourth-order valence-electron chi connectivity index (χ4n) is 2.17. The van der Waals surface area contributed by atoms with Crippen LogP contribution in [0.25, 0.3) is 0 Å². The summed E-state index contributed by atoms with van der Waals surface area (Å²) >= 11 is 5.94. The van der Waals surface area contributed by atoms with Gasteiger partial charge in [-0.2, -0.15) is 0 Å². The number of halogens is 1. The van der Waals surface area contributed by atoms with E-state index in [0.29, 0.717) is 6.42 Å². The Hall–Kier alpha value is 0.880. The summed E-state index contributed by atoms with van der Waals surface area (Å²) in [5.74, 6) is -0.0705. The lowest BCUT2D eigenvalue weighted by Crippen LogP contribution is -2.17. The Balaban J connectivity index is 3.39. The van der Waals surface area contributed by atoms with Gasteiger partial charge in [-0.1, -0.05) is 90.1 Å². The van der Waals surface area contributed by atoms with Gasteiger partial charge in [0.25, 0.3) is 5.70 Å². The molecule has 0 aromatic carbocycles. The van der Waals surface area contributed by atoms with Gasteiger partial charge in [0, 0.05) is 11.8 Å². The van der Waals surface area contributed by atoms with Crippen LogP contribution in [-0.4, -0.2) is 23.7 Å². The van der Waals surface area contributed by atoms with Crippen molar-refractivity contribution < 1.29 is 9.36 Å². The summed E-state index contributed by atoms with van der Waals surface area (Å²) in [4.78, 5) is 11.7. The largest absolute Gasteiger partial charge is 0.291 e. The molecule has 1 amide bonds. The molecule has 0 aromatic rings. The van der Waals surface area contributed by atoms with Crippen molar-refractivity contribution in [1.82, 2.24) is 5.09 Å². The SMILES string of the molecule is CSP(=O)(NC(=O)CCCCCCCCCCCCBr)SC. The number of nitrogens with one attached hydrogen (secondary N) is 1. The van der Waals surface area contributed by atoms with E-state index in [0.717, 1.165) is 18.2 Å². The predicted octanol–water partition coefficient (Wildman–Crippen LogP) is 6.62. The Morgan fingerprint density at radius 2 is 1.27 bits per heavy atom. The van der Waals surface area contributed by atoms with Crippen molar-refractivity contribution in [2.75, 3.05) is 17.8 Å². The summed E-state index contributed by atoms with van der Waals surface area (Å²) in [6, 6.07) is 0. The van der Waals surface area contributed by atoms with E-state index in [9.17, 15) is 9.36 Å². The maximum Gasteiger partial charge on any atom is 0.279 e. The van der Waals surface area contributed by atoms with Crippen molar-refractivity contribution in [3.8, 4) is 0 Å². The van der Waals surface area contributed by atoms with Gasteiger partial charge in [0.2, 0.25) is 5.91 Å². The highest BCUT2D eigenvalue weighted by atomic mass is 79.9. The number of carbonyl (C=O) groups excluding carboxylic acids is 1.